The quantitative estimate of drug-likeness (QED) is 0.658. The Morgan fingerprint density at radius 3 is 2.86 bits per heavy atom. The summed E-state index contributed by atoms with van der Waals surface area (Å²) in [5, 5.41) is 7.49. The number of amides is 1. The van der Waals surface area contributed by atoms with E-state index in [1.165, 1.54) is 12.1 Å². The van der Waals surface area contributed by atoms with Crippen LogP contribution in [-0.2, 0) is 17.6 Å². The van der Waals surface area contributed by atoms with Crippen LogP contribution in [0, 0.1) is 5.82 Å². The minimum Gasteiger partial charge on any atom is -0.493 e. The maximum Gasteiger partial charge on any atom is 0.227 e. The predicted molar refractivity (Wildman–Crippen MR) is 108 cm³/mol. The lowest BCUT2D eigenvalue weighted by Gasteiger charge is -2.23. The van der Waals surface area contributed by atoms with E-state index in [0.29, 0.717) is 25.2 Å². The van der Waals surface area contributed by atoms with Gasteiger partial charge in [0, 0.05) is 24.7 Å². The highest BCUT2D eigenvalue weighted by atomic mass is 19.1. The second-order valence-corrected chi connectivity index (χ2v) is 7.28. The zero-order valence-electron chi connectivity index (χ0n) is 16.2. The molecule has 1 aliphatic heterocycles. The van der Waals surface area contributed by atoms with Crippen molar-refractivity contribution in [2.75, 3.05) is 13.2 Å². The summed E-state index contributed by atoms with van der Waals surface area (Å²) in [6.45, 7) is 1.19. The highest BCUT2D eigenvalue weighted by Gasteiger charge is 2.31. The van der Waals surface area contributed by atoms with E-state index in [9.17, 15) is 9.18 Å². The van der Waals surface area contributed by atoms with E-state index < -0.39 is 0 Å². The Hall–Kier alpha value is -3.15. The molecule has 150 valence electrons. The Labute approximate surface area is 169 Å². The van der Waals surface area contributed by atoms with Crippen LogP contribution in [0.1, 0.15) is 35.8 Å². The first-order chi connectivity index (χ1) is 14.2. The topological polar surface area (TPSA) is 58.2 Å². The number of hydrogen-bond acceptors (Lipinski definition) is 3. The number of halogens is 1. The first-order valence-corrected chi connectivity index (χ1v) is 9.95. The highest BCUT2D eigenvalue weighted by molar-refractivity contribution is 5.79. The second-order valence-electron chi connectivity index (χ2n) is 7.28. The van der Waals surface area contributed by atoms with Gasteiger partial charge in [-0.1, -0.05) is 36.4 Å². The predicted octanol–water partition coefficient (Wildman–Crippen LogP) is 4.08. The molecule has 1 aromatic heterocycles. The van der Waals surface area contributed by atoms with Gasteiger partial charge in [0.15, 0.2) is 0 Å². The molecular weight excluding hydrogens is 369 g/mol. The van der Waals surface area contributed by atoms with Gasteiger partial charge in [0.25, 0.3) is 0 Å². The number of ether oxygens (including phenoxy) is 1. The lowest BCUT2D eigenvalue weighted by Crippen LogP contribution is -2.32. The van der Waals surface area contributed by atoms with Gasteiger partial charge in [0.05, 0.1) is 24.8 Å². The Bertz CT molecular complexity index is 958. The Morgan fingerprint density at radius 1 is 1.17 bits per heavy atom. The summed E-state index contributed by atoms with van der Waals surface area (Å²) in [5.41, 5.74) is 2.86. The molecule has 6 heteroatoms. The molecule has 29 heavy (non-hydrogen) atoms. The fraction of sp³-hybridized carbons (Fsp3) is 0.304. The normalized spacial score (nSPS) is 16.2. The van der Waals surface area contributed by atoms with Crippen molar-refractivity contribution in [2.24, 2.45) is 0 Å². The van der Waals surface area contributed by atoms with E-state index in [1.807, 2.05) is 41.3 Å². The molecule has 1 saturated heterocycles. The number of likely N-dealkylation sites (tertiary alicyclic amines) is 1. The van der Waals surface area contributed by atoms with Gasteiger partial charge in [-0.25, -0.2) is 4.39 Å². The first kappa shape index (κ1) is 19.2. The lowest BCUT2D eigenvalue weighted by molar-refractivity contribution is -0.131. The van der Waals surface area contributed by atoms with Crippen LogP contribution in [0.3, 0.4) is 0 Å². The molecule has 3 aromatic rings. The summed E-state index contributed by atoms with van der Waals surface area (Å²) >= 11 is 0. The lowest BCUT2D eigenvalue weighted by atomic mass is 10.1. The molecule has 0 bridgehead atoms. The summed E-state index contributed by atoms with van der Waals surface area (Å²) in [4.78, 5) is 14.7. The fourth-order valence-corrected chi connectivity index (χ4v) is 3.76. The number of rotatable bonds is 7. The average molecular weight is 393 g/mol. The molecule has 0 spiro atoms. The zero-order chi connectivity index (χ0) is 20.1. The van der Waals surface area contributed by atoms with Crippen molar-refractivity contribution in [2.45, 2.75) is 31.7 Å². The molecule has 2 aromatic carbocycles. The summed E-state index contributed by atoms with van der Waals surface area (Å²) in [6.07, 6.45) is 2.95. The van der Waals surface area contributed by atoms with Crippen molar-refractivity contribution in [3.63, 3.8) is 0 Å². The largest absolute Gasteiger partial charge is 0.493 e. The molecule has 1 fully saturated rings. The van der Waals surface area contributed by atoms with Crippen LogP contribution in [0.25, 0.3) is 0 Å². The molecule has 0 aliphatic carbocycles. The molecule has 1 atom stereocenters. The number of hydrogen-bond donors (Lipinski definition) is 1. The number of aromatic nitrogens is 2. The molecule has 0 radical (unpaired) electrons. The van der Waals surface area contributed by atoms with Crippen LogP contribution in [-0.4, -0.2) is 34.2 Å². The van der Waals surface area contributed by atoms with E-state index in [0.717, 1.165) is 36.3 Å². The van der Waals surface area contributed by atoms with E-state index >= 15 is 0 Å². The first-order valence-electron chi connectivity index (χ1n) is 9.95. The van der Waals surface area contributed by atoms with E-state index in [1.54, 1.807) is 12.1 Å². The maximum absolute atomic E-state index is 13.2. The maximum atomic E-state index is 13.2. The van der Waals surface area contributed by atoms with Crippen LogP contribution >= 0.6 is 0 Å². The van der Waals surface area contributed by atoms with Crippen LogP contribution in [0.4, 0.5) is 4.39 Å². The highest BCUT2D eigenvalue weighted by Crippen LogP contribution is 2.31. The molecular formula is C23H24FN3O2. The van der Waals surface area contributed by atoms with Crippen molar-refractivity contribution in [3.05, 3.63) is 83.4 Å². The number of nitrogens with one attached hydrogen (secondary N) is 1. The van der Waals surface area contributed by atoms with Crippen molar-refractivity contribution < 1.29 is 13.9 Å². The van der Waals surface area contributed by atoms with Crippen molar-refractivity contribution in [1.82, 2.24) is 15.1 Å². The molecule has 1 N–H and O–H groups in total. The van der Waals surface area contributed by atoms with Gasteiger partial charge in [-0.05, 0) is 36.6 Å². The number of nitrogens with zero attached hydrogens (tertiary/aromatic N) is 2. The van der Waals surface area contributed by atoms with Gasteiger partial charge in [-0.15, -0.1) is 0 Å². The third kappa shape index (κ3) is 4.83. The van der Waals surface area contributed by atoms with Crippen molar-refractivity contribution >= 4 is 5.91 Å². The summed E-state index contributed by atoms with van der Waals surface area (Å²) in [7, 11) is 0. The Morgan fingerprint density at radius 2 is 2.03 bits per heavy atom. The van der Waals surface area contributed by atoms with E-state index in [4.69, 9.17) is 4.74 Å². The molecule has 5 nitrogen and oxygen atoms in total. The minimum absolute atomic E-state index is 0.0142. The smallest absolute Gasteiger partial charge is 0.227 e. The van der Waals surface area contributed by atoms with Gasteiger partial charge in [-0.3, -0.25) is 9.89 Å². The molecule has 0 saturated carbocycles. The number of H-pyrrole nitrogens is 1. The van der Waals surface area contributed by atoms with Crippen LogP contribution in [0.5, 0.6) is 5.75 Å². The minimum atomic E-state index is -0.312. The molecule has 2 heterocycles. The molecule has 1 aliphatic rings. The molecule has 1 unspecified atom stereocenters. The number of benzene rings is 2. The molecule has 1 amide bonds. The third-order valence-electron chi connectivity index (χ3n) is 5.20. The van der Waals surface area contributed by atoms with Gasteiger partial charge in [0.1, 0.15) is 11.6 Å². The number of carbonyl (C=O) groups excluding carboxylic acids is 1. The summed E-state index contributed by atoms with van der Waals surface area (Å²) < 4.78 is 18.8. The van der Waals surface area contributed by atoms with E-state index in [2.05, 4.69) is 10.2 Å². The van der Waals surface area contributed by atoms with Crippen molar-refractivity contribution in [1.29, 1.82) is 0 Å². The monoisotopic (exact) mass is 393 g/mol. The second kappa shape index (κ2) is 8.90. The van der Waals surface area contributed by atoms with Gasteiger partial charge >= 0.3 is 0 Å². The third-order valence-corrected chi connectivity index (χ3v) is 5.20. The number of aromatic amines is 1. The van der Waals surface area contributed by atoms with Crippen LogP contribution < -0.4 is 4.74 Å². The average Bonchev–Trinajstić information content (AvgIpc) is 3.38. The van der Waals surface area contributed by atoms with Crippen LogP contribution in [0.15, 0.2) is 60.7 Å². The zero-order valence-corrected chi connectivity index (χ0v) is 16.2. The van der Waals surface area contributed by atoms with E-state index in [-0.39, 0.29) is 17.8 Å². The summed E-state index contributed by atoms with van der Waals surface area (Å²) in [6, 6.07) is 18.0. The summed E-state index contributed by atoms with van der Waals surface area (Å²) in [5.74, 6) is 0.337. The van der Waals surface area contributed by atoms with Gasteiger partial charge in [0.2, 0.25) is 5.91 Å². The van der Waals surface area contributed by atoms with Crippen molar-refractivity contribution in [3.8, 4) is 5.75 Å². The SMILES string of the molecule is O=C(Cc1ccccc1)N1CCCC1c1cc(CCOc2cccc(F)c2)[nH]n1. The Kier molecular flexibility index (Phi) is 5.89. The fourth-order valence-electron chi connectivity index (χ4n) is 3.76. The van der Waals surface area contributed by atoms with Gasteiger partial charge < -0.3 is 9.64 Å². The Balaban J connectivity index is 1.34. The van der Waals surface area contributed by atoms with Crippen LogP contribution in [0.2, 0.25) is 0 Å². The standard InChI is InChI=1S/C23H24FN3O2/c24-18-8-4-9-20(15-18)29-13-11-19-16-21(26-25-19)22-10-5-12-27(22)23(28)14-17-6-2-1-3-7-17/h1-4,6-9,15-16,22H,5,10-14H2,(H,25,26). The van der Waals surface area contributed by atoms with Gasteiger partial charge in [-0.2, -0.15) is 5.10 Å². The number of carbonyl (C=O) groups is 1. The molecule has 4 rings (SSSR count).